The first-order valence-electron chi connectivity index (χ1n) is 7.21. The summed E-state index contributed by atoms with van der Waals surface area (Å²) in [6, 6.07) is 4.21. The largest absolute Gasteiger partial charge is 0.336 e. The van der Waals surface area contributed by atoms with Crippen molar-refractivity contribution >= 4 is 5.91 Å². The molecule has 1 saturated heterocycles. The van der Waals surface area contributed by atoms with E-state index in [0.717, 1.165) is 25.9 Å². The first-order valence-corrected chi connectivity index (χ1v) is 7.21. The number of nitrogens with one attached hydrogen (secondary N) is 1. The van der Waals surface area contributed by atoms with Gasteiger partial charge in [-0.25, -0.2) is 0 Å². The average Bonchev–Trinajstić information content (AvgIpc) is 2.46. The molecular weight excluding hydrogens is 252 g/mol. The lowest BCUT2D eigenvalue weighted by Crippen LogP contribution is -2.56. The van der Waals surface area contributed by atoms with Gasteiger partial charge in [0, 0.05) is 19.0 Å². The first-order chi connectivity index (χ1) is 9.34. The highest BCUT2D eigenvalue weighted by Crippen LogP contribution is 2.20. The van der Waals surface area contributed by atoms with Crippen molar-refractivity contribution in [3.05, 3.63) is 0 Å². The van der Waals surface area contributed by atoms with E-state index in [0.29, 0.717) is 0 Å². The number of nitrogens with zero attached hydrogens (tertiary/aromatic N) is 3. The maximum Gasteiger partial charge on any atom is 0.238 e. The van der Waals surface area contributed by atoms with Gasteiger partial charge >= 0.3 is 0 Å². The van der Waals surface area contributed by atoms with E-state index in [1.165, 1.54) is 0 Å². The Morgan fingerprint density at radius 3 is 2.25 bits per heavy atom. The Balaban J connectivity index is 2.61. The molecule has 1 aliphatic rings. The molecule has 2 unspecified atom stereocenters. The first kappa shape index (κ1) is 16.5. The second-order valence-corrected chi connectivity index (χ2v) is 6.07. The van der Waals surface area contributed by atoms with Crippen molar-refractivity contribution in [2.24, 2.45) is 11.8 Å². The maximum absolute atomic E-state index is 12.3. The van der Waals surface area contributed by atoms with Crippen LogP contribution in [-0.4, -0.2) is 35.5 Å². The van der Waals surface area contributed by atoms with Crippen LogP contribution < -0.4 is 5.32 Å². The van der Waals surface area contributed by atoms with Gasteiger partial charge in [0.1, 0.15) is 5.54 Å². The van der Waals surface area contributed by atoms with Crippen LogP contribution in [0.5, 0.6) is 0 Å². The normalized spacial score (nSPS) is 21.6. The van der Waals surface area contributed by atoms with E-state index >= 15 is 0 Å². The third-order valence-corrected chi connectivity index (χ3v) is 4.41. The summed E-state index contributed by atoms with van der Waals surface area (Å²) in [5.74, 6) is 0.0488. The third-order valence-electron chi connectivity index (χ3n) is 4.41. The van der Waals surface area contributed by atoms with E-state index in [1.807, 2.05) is 20.8 Å². The molecule has 2 atom stereocenters. The van der Waals surface area contributed by atoms with Crippen LogP contribution in [0.25, 0.3) is 0 Å². The summed E-state index contributed by atoms with van der Waals surface area (Å²) in [6.45, 7) is 8.99. The van der Waals surface area contributed by atoms with E-state index in [1.54, 1.807) is 6.92 Å². The smallest absolute Gasteiger partial charge is 0.238 e. The Bertz CT molecular complexity index is 426. The standard InChI is InChI=1S/C15H24N4O/c1-11(2)15(4,10-17)18-14(20)12(3)19-7-5-13(9-16)6-8-19/h11-13H,5-8H2,1-4H3,(H,18,20). The number of hydrogen-bond donors (Lipinski definition) is 1. The topological polar surface area (TPSA) is 79.9 Å². The fraction of sp³-hybridized carbons (Fsp3) is 0.800. The lowest BCUT2D eigenvalue weighted by molar-refractivity contribution is -0.128. The molecule has 0 spiro atoms. The van der Waals surface area contributed by atoms with Gasteiger partial charge in [-0.2, -0.15) is 10.5 Å². The SMILES string of the molecule is CC(C(=O)NC(C)(C#N)C(C)C)N1CCC(C#N)CC1. The minimum atomic E-state index is -0.837. The van der Waals surface area contributed by atoms with Crippen LogP contribution >= 0.6 is 0 Å². The van der Waals surface area contributed by atoms with Gasteiger partial charge in [-0.15, -0.1) is 0 Å². The summed E-state index contributed by atoms with van der Waals surface area (Å²) in [7, 11) is 0. The predicted octanol–water partition coefficient (Wildman–Crippen LogP) is 1.66. The Kier molecular flexibility index (Phi) is 5.53. The van der Waals surface area contributed by atoms with Gasteiger partial charge in [0.25, 0.3) is 0 Å². The summed E-state index contributed by atoms with van der Waals surface area (Å²) in [4.78, 5) is 14.4. The van der Waals surface area contributed by atoms with Gasteiger partial charge in [-0.1, -0.05) is 13.8 Å². The average molecular weight is 276 g/mol. The summed E-state index contributed by atoms with van der Waals surface area (Å²) >= 11 is 0. The molecule has 0 aliphatic carbocycles. The highest BCUT2D eigenvalue weighted by atomic mass is 16.2. The van der Waals surface area contributed by atoms with Crippen molar-refractivity contribution < 1.29 is 4.79 Å². The zero-order valence-corrected chi connectivity index (χ0v) is 12.8. The van der Waals surface area contributed by atoms with Gasteiger partial charge in [0.2, 0.25) is 5.91 Å². The molecule has 1 N–H and O–H groups in total. The van der Waals surface area contributed by atoms with Crippen LogP contribution in [0, 0.1) is 34.5 Å². The van der Waals surface area contributed by atoms with Gasteiger partial charge in [-0.3, -0.25) is 9.69 Å². The molecule has 0 aromatic rings. The number of carbonyl (C=O) groups excluding carboxylic acids is 1. The minimum absolute atomic E-state index is 0.0491. The monoisotopic (exact) mass is 276 g/mol. The van der Waals surface area contributed by atoms with Crippen LogP contribution in [0.1, 0.15) is 40.5 Å². The Morgan fingerprint density at radius 2 is 1.85 bits per heavy atom. The Hall–Kier alpha value is -1.59. The molecule has 0 aromatic heterocycles. The lowest BCUT2D eigenvalue weighted by atomic mass is 9.89. The molecule has 1 aliphatic heterocycles. The fourth-order valence-corrected chi connectivity index (χ4v) is 2.24. The zero-order valence-electron chi connectivity index (χ0n) is 12.8. The molecule has 1 rings (SSSR count). The number of hydrogen-bond acceptors (Lipinski definition) is 4. The van der Waals surface area contributed by atoms with E-state index < -0.39 is 5.54 Å². The molecular formula is C15H24N4O. The molecule has 5 heteroatoms. The van der Waals surface area contributed by atoms with Crippen molar-refractivity contribution in [3.8, 4) is 12.1 Å². The molecule has 20 heavy (non-hydrogen) atoms. The van der Waals surface area contributed by atoms with Crippen molar-refractivity contribution in [2.45, 2.75) is 52.1 Å². The third kappa shape index (κ3) is 3.71. The van der Waals surface area contributed by atoms with Crippen molar-refractivity contribution in [1.29, 1.82) is 10.5 Å². The second-order valence-electron chi connectivity index (χ2n) is 6.07. The van der Waals surface area contributed by atoms with E-state index in [-0.39, 0.29) is 23.8 Å². The highest BCUT2D eigenvalue weighted by Gasteiger charge is 2.34. The predicted molar refractivity (Wildman–Crippen MR) is 76.4 cm³/mol. The molecule has 0 bridgehead atoms. The minimum Gasteiger partial charge on any atom is -0.336 e. The molecule has 1 fully saturated rings. The molecule has 0 saturated carbocycles. The number of nitriles is 2. The second kappa shape index (κ2) is 6.72. The van der Waals surface area contributed by atoms with E-state index in [2.05, 4.69) is 22.4 Å². The number of rotatable bonds is 4. The van der Waals surface area contributed by atoms with E-state index in [9.17, 15) is 10.1 Å². The quantitative estimate of drug-likeness (QED) is 0.847. The van der Waals surface area contributed by atoms with Gasteiger partial charge in [0.15, 0.2) is 0 Å². The van der Waals surface area contributed by atoms with Crippen molar-refractivity contribution in [2.75, 3.05) is 13.1 Å². The van der Waals surface area contributed by atoms with Crippen LogP contribution in [0.4, 0.5) is 0 Å². The van der Waals surface area contributed by atoms with Gasteiger partial charge in [-0.05, 0) is 32.6 Å². The molecule has 5 nitrogen and oxygen atoms in total. The van der Waals surface area contributed by atoms with Crippen LogP contribution in [-0.2, 0) is 4.79 Å². The van der Waals surface area contributed by atoms with Gasteiger partial charge < -0.3 is 5.32 Å². The summed E-state index contributed by atoms with van der Waals surface area (Å²) in [5.41, 5.74) is -0.837. The number of piperidine rings is 1. The maximum atomic E-state index is 12.3. The Morgan fingerprint density at radius 1 is 1.30 bits per heavy atom. The number of amides is 1. The van der Waals surface area contributed by atoms with Crippen molar-refractivity contribution in [1.82, 2.24) is 10.2 Å². The molecule has 0 aromatic carbocycles. The van der Waals surface area contributed by atoms with Gasteiger partial charge in [0.05, 0.1) is 18.2 Å². The summed E-state index contributed by atoms with van der Waals surface area (Å²) in [5, 5.41) is 21.0. The Labute approximate surface area is 121 Å². The number of likely N-dealkylation sites (tertiary alicyclic amines) is 1. The summed E-state index contributed by atoms with van der Waals surface area (Å²) < 4.78 is 0. The molecule has 1 heterocycles. The summed E-state index contributed by atoms with van der Waals surface area (Å²) in [6.07, 6.45) is 1.63. The molecule has 1 amide bonds. The van der Waals surface area contributed by atoms with Crippen molar-refractivity contribution in [3.63, 3.8) is 0 Å². The molecule has 110 valence electrons. The fourth-order valence-electron chi connectivity index (χ4n) is 2.24. The van der Waals surface area contributed by atoms with Crippen LogP contribution in [0.15, 0.2) is 0 Å². The van der Waals surface area contributed by atoms with E-state index in [4.69, 9.17) is 5.26 Å². The zero-order chi connectivity index (χ0) is 15.3. The highest BCUT2D eigenvalue weighted by molar-refractivity contribution is 5.82. The molecule has 0 radical (unpaired) electrons. The van der Waals surface area contributed by atoms with Crippen LogP contribution in [0.2, 0.25) is 0 Å². The van der Waals surface area contributed by atoms with Crippen LogP contribution in [0.3, 0.4) is 0 Å². The lowest BCUT2D eigenvalue weighted by Gasteiger charge is -2.35. The number of carbonyl (C=O) groups is 1.